The van der Waals surface area contributed by atoms with Gasteiger partial charge in [0, 0.05) is 17.8 Å². The van der Waals surface area contributed by atoms with Crippen LogP contribution in [0, 0.1) is 11.8 Å². The number of carbonyl (C=O) groups excluding carboxylic acids is 3. The van der Waals surface area contributed by atoms with Gasteiger partial charge in [-0.15, -0.1) is 16.9 Å². The van der Waals surface area contributed by atoms with Crippen LogP contribution in [0.5, 0.6) is 0 Å². The molecule has 2 bridgehead atoms. The van der Waals surface area contributed by atoms with Crippen LogP contribution in [0.4, 0.5) is 0 Å². The molecular formula is C27H30N6O4S. The molecule has 3 N–H and O–H groups in total. The van der Waals surface area contributed by atoms with E-state index < -0.39 is 27.4 Å². The quantitative estimate of drug-likeness (QED) is 0.397. The van der Waals surface area contributed by atoms with Gasteiger partial charge in [-0.25, -0.2) is 4.68 Å². The van der Waals surface area contributed by atoms with E-state index in [9.17, 15) is 19.5 Å². The third kappa shape index (κ3) is 3.79. The lowest BCUT2D eigenvalue weighted by Crippen LogP contribution is -2.54. The van der Waals surface area contributed by atoms with Crippen molar-refractivity contribution in [2.45, 2.75) is 48.5 Å². The van der Waals surface area contributed by atoms with Crippen LogP contribution in [0.1, 0.15) is 25.3 Å². The lowest BCUT2D eigenvalue weighted by atomic mass is 9.66. The Morgan fingerprint density at radius 2 is 1.84 bits per heavy atom. The van der Waals surface area contributed by atoms with Crippen molar-refractivity contribution in [3.8, 4) is 0 Å². The van der Waals surface area contributed by atoms with Gasteiger partial charge in [0.05, 0.1) is 28.7 Å². The van der Waals surface area contributed by atoms with Gasteiger partial charge >= 0.3 is 0 Å². The minimum Gasteiger partial charge on any atom is -0.395 e. The number of fused-ring (bicyclic) bond motifs is 2. The Balaban J connectivity index is 1.26. The van der Waals surface area contributed by atoms with E-state index in [0.29, 0.717) is 13.0 Å². The van der Waals surface area contributed by atoms with Crippen LogP contribution in [0.2, 0.25) is 0 Å². The fourth-order valence-corrected chi connectivity index (χ4v) is 9.01. The minimum atomic E-state index is -0.791. The highest BCUT2D eigenvalue weighted by atomic mass is 32.2. The number of hydrogen-bond donors (Lipinski definition) is 3. The molecule has 0 radical (unpaired) electrons. The van der Waals surface area contributed by atoms with Gasteiger partial charge in [-0.05, 0) is 37.5 Å². The summed E-state index contributed by atoms with van der Waals surface area (Å²) in [4.78, 5) is 42.7. The Hall–Kier alpha value is -3.44. The number of thioether (sulfide) groups is 1. The van der Waals surface area contributed by atoms with E-state index in [0.717, 1.165) is 23.0 Å². The van der Waals surface area contributed by atoms with E-state index >= 15 is 0 Å². The van der Waals surface area contributed by atoms with Crippen LogP contribution in [-0.2, 0) is 27.6 Å². The minimum absolute atomic E-state index is 0.0387. The van der Waals surface area contributed by atoms with Crippen LogP contribution in [0.3, 0.4) is 0 Å². The van der Waals surface area contributed by atoms with Gasteiger partial charge in [-0.1, -0.05) is 47.7 Å². The highest BCUT2D eigenvalue weighted by molar-refractivity contribution is 8.02. The van der Waals surface area contributed by atoms with Crippen LogP contribution in [-0.4, -0.2) is 71.4 Å². The predicted octanol–water partition coefficient (Wildman–Crippen LogP) is 1.29. The molecule has 0 saturated carbocycles. The third-order valence-electron chi connectivity index (χ3n) is 8.28. The van der Waals surface area contributed by atoms with E-state index in [-0.39, 0.29) is 37.5 Å². The number of benzene rings is 2. The number of aliphatic hydroxyl groups is 1. The number of hydrogen-bond acceptors (Lipinski definition) is 7. The Morgan fingerprint density at radius 3 is 2.63 bits per heavy atom. The van der Waals surface area contributed by atoms with E-state index in [1.807, 2.05) is 61.5 Å². The van der Waals surface area contributed by atoms with Crippen molar-refractivity contribution in [1.82, 2.24) is 30.5 Å². The molecule has 6 rings (SSSR count). The largest absolute Gasteiger partial charge is 0.395 e. The lowest BCUT2D eigenvalue weighted by molar-refractivity contribution is -0.141. The Kier molecular flexibility index (Phi) is 6.14. The van der Waals surface area contributed by atoms with Gasteiger partial charge < -0.3 is 20.6 Å². The summed E-state index contributed by atoms with van der Waals surface area (Å²) in [5, 5.41) is 24.0. The molecule has 1 aromatic heterocycles. The lowest BCUT2D eigenvalue weighted by Gasteiger charge is -2.34. The first-order chi connectivity index (χ1) is 18.4. The molecule has 38 heavy (non-hydrogen) atoms. The Morgan fingerprint density at radius 1 is 1.08 bits per heavy atom. The monoisotopic (exact) mass is 534 g/mol. The second kappa shape index (κ2) is 9.39. The van der Waals surface area contributed by atoms with Gasteiger partial charge in [-0.3, -0.25) is 14.4 Å². The van der Waals surface area contributed by atoms with Crippen molar-refractivity contribution in [2.75, 3.05) is 13.2 Å². The highest BCUT2D eigenvalue weighted by Gasteiger charge is 2.76. The summed E-state index contributed by atoms with van der Waals surface area (Å²) in [5.74, 6) is -1.90. The molecule has 3 amide bonds. The summed E-state index contributed by atoms with van der Waals surface area (Å²) in [5.41, 5.74) is 2.49. The maximum atomic E-state index is 13.8. The molecule has 5 atom stereocenters. The van der Waals surface area contributed by atoms with E-state index in [1.54, 1.807) is 16.4 Å². The second-order valence-corrected chi connectivity index (χ2v) is 12.4. The number of likely N-dealkylation sites (tertiary alicyclic amines) is 1. The normalized spacial score (nSPS) is 29.6. The number of aliphatic hydroxyl groups excluding tert-OH is 1. The van der Waals surface area contributed by atoms with E-state index in [1.165, 1.54) is 4.90 Å². The molecule has 3 aliphatic rings. The van der Waals surface area contributed by atoms with Crippen molar-refractivity contribution in [2.24, 2.45) is 11.8 Å². The molecule has 10 nitrogen and oxygen atoms in total. The molecule has 3 saturated heterocycles. The molecule has 1 spiro atoms. The fraction of sp³-hybridized carbons (Fsp3) is 0.444. The van der Waals surface area contributed by atoms with Crippen LogP contribution in [0.15, 0.2) is 54.6 Å². The molecule has 3 aromatic rings. The smallest absolute Gasteiger partial charge is 0.245 e. The average molecular weight is 535 g/mol. The van der Waals surface area contributed by atoms with Crippen molar-refractivity contribution in [1.29, 1.82) is 0 Å². The summed E-state index contributed by atoms with van der Waals surface area (Å²) in [7, 11) is 0. The molecule has 0 aliphatic carbocycles. The molecular weight excluding hydrogens is 504 g/mol. The summed E-state index contributed by atoms with van der Waals surface area (Å²) in [6, 6.07) is 16.3. The highest BCUT2D eigenvalue weighted by Crippen LogP contribution is 2.71. The van der Waals surface area contributed by atoms with Gasteiger partial charge in [0.25, 0.3) is 0 Å². The van der Waals surface area contributed by atoms with Crippen molar-refractivity contribution < 1.29 is 19.5 Å². The van der Waals surface area contributed by atoms with E-state index in [2.05, 4.69) is 20.9 Å². The van der Waals surface area contributed by atoms with E-state index in [4.69, 9.17) is 0 Å². The summed E-state index contributed by atoms with van der Waals surface area (Å²) < 4.78 is 0.424. The third-order valence-corrected chi connectivity index (χ3v) is 10.3. The van der Waals surface area contributed by atoms with Gasteiger partial charge in [0.2, 0.25) is 17.7 Å². The maximum Gasteiger partial charge on any atom is 0.245 e. The van der Waals surface area contributed by atoms with Gasteiger partial charge in [0.1, 0.15) is 18.2 Å². The molecule has 4 heterocycles. The van der Waals surface area contributed by atoms with Crippen LogP contribution in [0.25, 0.3) is 11.0 Å². The maximum absolute atomic E-state index is 13.8. The first-order valence-electron chi connectivity index (χ1n) is 12.9. The number of para-hydroxylation sites is 1. The van der Waals surface area contributed by atoms with Crippen molar-refractivity contribution in [3.63, 3.8) is 0 Å². The SMILES string of the molecule is C[C@@]12CCC3(S1)C(C(=O)NCn1nnc4ccccc41)N(CCO)C(=O)[C@@H]3[C@@H]2C(=O)NCc1ccccc1. The molecule has 2 unspecified atom stereocenters. The Labute approximate surface area is 224 Å². The standard InChI is InChI=1S/C27H30N6O4S/c1-26-11-12-27(38-26)21(20(26)23(35)28-15-17-7-3-2-4-8-17)25(37)32(13-14-34)22(27)24(36)29-16-33-19-10-6-5-9-18(19)30-31-33/h2-10,20-22,34H,11-16H2,1H3,(H,28,35)(H,29,36)/t20-,21+,22?,26+,27?/m1/s1. The number of nitrogens with zero attached hydrogens (tertiary/aromatic N) is 4. The fourth-order valence-electron chi connectivity index (χ4n) is 6.65. The van der Waals surface area contributed by atoms with Crippen LogP contribution < -0.4 is 10.6 Å². The number of amides is 3. The molecule has 3 fully saturated rings. The zero-order valence-electron chi connectivity index (χ0n) is 21.0. The zero-order chi connectivity index (χ0) is 26.5. The van der Waals surface area contributed by atoms with Crippen molar-refractivity contribution >= 4 is 40.5 Å². The molecule has 2 aromatic carbocycles. The average Bonchev–Trinajstić information content (AvgIpc) is 3.63. The number of rotatable bonds is 8. The topological polar surface area (TPSA) is 129 Å². The molecule has 3 aliphatic heterocycles. The first-order valence-corrected chi connectivity index (χ1v) is 13.7. The number of carbonyl (C=O) groups is 3. The number of β-amino-alcohol motifs (C(OH)–C–C–N with tert-alkyl or cyclic N) is 1. The Bertz CT molecular complexity index is 1400. The summed E-state index contributed by atoms with van der Waals surface area (Å²) in [6.07, 6.45) is 1.38. The zero-order valence-corrected chi connectivity index (χ0v) is 21.9. The molecule has 11 heteroatoms. The second-order valence-electron chi connectivity index (χ2n) is 10.5. The first kappa shape index (κ1) is 24.9. The van der Waals surface area contributed by atoms with Crippen LogP contribution >= 0.6 is 11.8 Å². The van der Waals surface area contributed by atoms with Gasteiger partial charge in [0.15, 0.2) is 0 Å². The van der Waals surface area contributed by atoms with Gasteiger partial charge in [-0.2, -0.15) is 0 Å². The molecule has 198 valence electrons. The summed E-state index contributed by atoms with van der Waals surface area (Å²) in [6.45, 7) is 2.29. The van der Waals surface area contributed by atoms with Crippen molar-refractivity contribution in [3.05, 3.63) is 60.2 Å². The summed E-state index contributed by atoms with van der Waals surface area (Å²) >= 11 is 1.61. The predicted molar refractivity (Wildman–Crippen MR) is 141 cm³/mol. The number of nitrogens with one attached hydrogen (secondary N) is 2. The number of aromatic nitrogens is 3.